The van der Waals surface area contributed by atoms with Crippen molar-refractivity contribution in [1.29, 1.82) is 0 Å². The summed E-state index contributed by atoms with van der Waals surface area (Å²) >= 11 is 0. The number of aliphatic hydroxyl groups excluding tert-OH is 1. The van der Waals surface area contributed by atoms with E-state index in [1.807, 2.05) is 38.1 Å². The summed E-state index contributed by atoms with van der Waals surface area (Å²) in [7, 11) is 0. The quantitative estimate of drug-likeness (QED) is 0.417. The normalized spacial score (nSPS) is 12.6. The van der Waals surface area contributed by atoms with Gasteiger partial charge in [-0.2, -0.15) is 8.78 Å². The van der Waals surface area contributed by atoms with Crippen molar-refractivity contribution >= 4 is 5.96 Å². The molecule has 0 fully saturated rings. The molecular formula is C21H27F2N3O3. The maximum atomic E-state index is 12.5. The van der Waals surface area contributed by atoms with E-state index in [2.05, 4.69) is 20.4 Å². The highest BCUT2D eigenvalue weighted by atomic mass is 19.3. The predicted molar refractivity (Wildman–Crippen MR) is 109 cm³/mol. The van der Waals surface area contributed by atoms with Crippen LogP contribution >= 0.6 is 0 Å². The van der Waals surface area contributed by atoms with Crippen LogP contribution in [0.1, 0.15) is 18.1 Å². The molecule has 2 aromatic carbocycles. The average molecular weight is 407 g/mol. The first-order valence-electron chi connectivity index (χ1n) is 9.40. The van der Waals surface area contributed by atoms with Crippen molar-refractivity contribution in [2.24, 2.45) is 4.99 Å². The molecule has 0 spiro atoms. The van der Waals surface area contributed by atoms with Crippen LogP contribution in [0.25, 0.3) is 0 Å². The van der Waals surface area contributed by atoms with Crippen LogP contribution in [0.15, 0.2) is 53.5 Å². The van der Waals surface area contributed by atoms with Gasteiger partial charge in [0.15, 0.2) is 5.96 Å². The molecule has 0 saturated carbocycles. The summed E-state index contributed by atoms with van der Waals surface area (Å²) in [5.41, 5.74) is 1.61. The maximum absolute atomic E-state index is 12.5. The molecule has 2 rings (SSSR count). The second-order valence-electron chi connectivity index (χ2n) is 6.34. The molecule has 8 heteroatoms. The largest absolute Gasteiger partial charge is 0.491 e. The third-order valence-corrected chi connectivity index (χ3v) is 3.88. The fourth-order valence-corrected chi connectivity index (χ4v) is 2.52. The summed E-state index contributed by atoms with van der Waals surface area (Å²) in [6, 6.07) is 14.1. The number of hydrogen-bond acceptors (Lipinski definition) is 4. The number of guanidine groups is 1. The van der Waals surface area contributed by atoms with Crippen molar-refractivity contribution in [3.8, 4) is 11.5 Å². The average Bonchev–Trinajstić information content (AvgIpc) is 2.69. The highest BCUT2D eigenvalue weighted by molar-refractivity contribution is 5.79. The van der Waals surface area contributed by atoms with Crippen LogP contribution in [-0.4, -0.2) is 43.5 Å². The minimum absolute atomic E-state index is 0.0914. The Labute approximate surface area is 169 Å². The number of benzene rings is 2. The molecule has 0 aromatic heterocycles. The van der Waals surface area contributed by atoms with E-state index in [9.17, 15) is 13.9 Å². The molecule has 0 aliphatic heterocycles. The smallest absolute Gasteiger partial charge is 0.387 e. The number of alkyl halides is 2. The van der Waals surface area contributed by atoms with Gasteiger partial charge in [-0.05, 0) is 37.6 Å². The molecule has 2 aromatic rings. The highest BCUT2D eigenvalue weighted by Crippen LogP contribution is 2.20. The number of aliphatic hydroxyl groups is 1. The Kier molecular flexibility index (Phi) is 9.17. The number of nitrogens with zero attached hydrogens (tertiary/aromatic N) is 1. The molecule has 1 unspecified atom stereocenters. The Morgan fingerprint density at radius 2 is 1.93 bits per heavy atom. The molecule has 1 atom stereocenters. The molecule has 0 amide bonds. The van der Waals surface area contributed by atoms with Crippen LogP contribution in [-0.2, 0) is 6.54 Å². The number of aliphatic imine (C=N–C) groups is 1. The summed E-state index contributed by atoms with van der Waals surface area (Å²) in [4.78, 5) is 4.37. The zero-order valence-corrected chi connectivity index (χ0v) is 16.6. The lowest BCUT2D eigenvalue weighted by molar-refractivity contribution is -0.0504. The fraction of sp³-hybridized carbons (Fsp3) is 0.381. The summed E-state index contributed by atoms with van der Waals surface area (Å²) in [6.07, 6.45) is -0.756. The lowest BCUT2D eigenvalue weighted by Crippen LogP contribution is -2.42. The first-order chi connectivity index (χ1) is 14.0. The summed E-state index contributed by atoms with van der Waals surface area (Å²) in [5.74, 6) is 1.24. The molecule has 3 N–H and O–H groups in total. The molecular weight excluding hydrogens is 380 g/mol. The zero-order chi connectivity index (χ0) is 21.1. The first kappa shape index (κ1) is 22.4. The van der Waals surface area contributed by atoms with Crippen LogP contribution in [0.4, 0.5) is 8.78 Å². The van der Waals surface area contributed by atoms with Crippen molar-refractivity contribution in [3.63, 3.8) is 0 Å². The Bertz CT molecular complexity index is 787. The molecule has 0 bridgehead atoms. The fourth-order valence-electron chi connectivity index (χ4n) is 2.52. The standard InChI is InChI=1S/C21H27F2N3O3/c1-3-24-21(25-12-16-8-4-5-10-19(16)29-20(22)23)26-13-17(27)14-28-18-9-6-7-15(2)11-18/h4-11,17,20,27H,3,12-14H2,1-2H3,(H2,24,25,26). The van der Waals surface area contributed by atoms with E-state index in [0.29, 0.717) is 23.8 Å². The van der Waals surface area contributed by atoms with Crippen molar-refractivity contribution in [1.82, 2.24) is 10.6 Å². The maximum Gasteiger partial charge on any atom is 0.387 e. The van der Waals surface area contributed by atoms with Crippen LogP contribution in [0.5, 0.6) is 11.5 Å². The number of rotatable bonds is 10. The summed E-state index contributed by atoms with van der Waals surface area (Å²) in [5, 5.41) is 16.2. The van der Waals surface area contributed by atoms with Crippen LogP contribution in [0.3, 0.4) is 0 Å². The summed E-state index contributed by atoms with van der Waals surface area (Å²) in [6.45, 7) is 2.07. The zero-order valence-electron chi connectivity index (χ0n) is 16.6. The Hall–Kier alpha value is -2.87. The van der Waals surface area contributed by atoms with Gasteiger partial charge in [-0.15, -0.1) is 0 Å². The molecule has 0 aliphatic carbocycles. The van der Waals surface area contributed by atoms with Gasteiger partial charge in [0.25, 0.3) is 0 Å². The van der Waals surface area contributed by atoms with Crippen molar-refractivity contribution in [3.05, 3.63) is 59.7 Å². The number of ether oxygens (including phenoxy) is 2. The monoisotopic (exact) mass is 407 g/mol. The highest BCUT2D eigenvalue weighted by Gasteiger charge is 2.10. The molecule has 0 aliphatic rings. The molecule has 29 heavy (non-hydrogen) atoms. The van der Waals surface area contributed by atoms with E-state index < -0.39 is 12.7 Å². The number of aryl methyl sites for hydroxylation is 1. The van der Waals surface area contributed by atoms with Crippen molar-refractivity contribution in [2.45, 2.75) is 33.1 Å². The van der Waals surface area contributed by atoms with Gasteiger partial charge in [-0.3, -0.25) is 0 Å². The molecule has 158 valence electrons. The van der Waals surface area contributed by atoms with Gasteiger partial charge in [0.2, 0.25) is 0 Å². The van der Waals surface area contributed by atoms with E-state index >= 15 is 0 Å². The van der Waals surface area contributed by atoms with Crippen molar-refractivity contribution in [2.75, 3.05) is 19.7 Å². The second-order valence-corrected chi connectivity index (χ2v) is 6.34. The third kappa shape index (κ3) is 8.35. The third-order valence-electron chi connectivity index (χ3n) is 3.88. The minimum atomic E-state index is -2.89. The van der Waals surface area contributed by atoms with E-state index in [-0.39, 0.29) is 25.4 Å². The van der Waals surface area contributed by atoms with Crippen LogP contribution < -0.4 is 20.1 Å². The Balaban J connectivity index is 1.89. The SMILES string of the molecule is CCNC(=NCc1ccccc1OC(F)F)NCC(O)COc1cccc(C)c1. The topological polar surface area (TPSA) is 75.1 Å². The predicted octanol–water partition coefficient (Wildman–Crippen LogP) is 3.09. The van der Waals surface area contributed by atoms with Crippen LogP contribution in [0.2, 0.25) is 0 Å². The number of hydrogen-bond donors (Lipinski definition) is 3. The second kappa shape index (κ2) is 11.9. The molecule has 0 heterocycles. The van der Waals surface area contributed by atoms with Gasteiger partial charge in [-0.1, -0.05) is 30.3 Å². The number of halogens is 2. The Morgan fingerprint density at radius 3 is 2.66 bits per heavy atom. The van der Waals surface area contributed by atoms with E-state index in [0.717, 1.165) is 5.56 Å². The number of nitrogens with one attached hydrogen (secondary N) is 2. The van der Waals surface area contributed by atoms with Crippen molar-refractivity contribution < 1.29 is 23.4 Å². The van der Waals surface area contributed by atoms with Gasteiger partial charge in [-0.25, -0.2) is 4.99 Å². The molecule has 6 nitrogen and oxygen atoms in total. The lowest BCUT2D eigenvalue weighted by Gasteiger charge is -2.16. The lowest BCUT2D eigenvalue weighted by atomic mass is 10.2. The van der Waals surface area contributed by atoms with E-state index in [4.69, 9.17) is 4.74 Å². The Morgan fingerprint density at radius 1 is 1.14 bits per heavy atom. The number of para-hydroxylation sites is 1. The van der Waals surface area contributed by atoms with Crippen LogP contribution in [0, 0.1) is 6.92 Å². The minimum Gasteiger partial charge on any atom is -0.491 e. The van der Waals surface area contributed by atoms with Gasteiger partial charge < -0.3 is 25.2 Å². The molecule has 0 radical (unpaired) electrons. The van der Waals surface area contributed by atoms with E-state index in [1.54, 1.807) is 18.2 Å². The summed E-state index contributed by atoms with van der Waals surface area (Å²) < 4.78 is 35.2. The van der Waals surface area contributed by atoms with E-state index in [1.165, 1.54) is 6.07 Å². The van der Waals surface area contributed by atoms with Gasteiger partial charge in [0, 0.05) is 18.7 Å². The van der Waals surface area contributed by atoms with Gasteiger partial charge in [0.1, 0.15) is 24.2 Å². The van der Waals surface area contributed by atoms with Gasteiger partial charge >= 0.3 is 6.61 Å². The van der Waals surface area contributed by atoms with Gasteiger partial charge in [0.05, 0.1) is 6.54 Å². The molecule has 0 saturated heterocycles. The first-order valence-corrected chi connectivity index (χ1v) is 9.40.